The molecule has 0 amide bonds. The lowest BCUT2D eigenvalue weighted by Gasteiger charge is -2.16. The molecule has 0 aliphatic carbocycles. The SMILES string of the molecule is O=C(O)[C@H]1CCO[C@H]1c1nccn1-c1ccccc1. The van der Waals surface area contributed by atoms with Crippen LogP contribution in [0.5, 0.6) is 0 Å². The largest absolute Gasteiger partial charge is 0.481 e. The number of rotatable bonds is 3. The van der Waals surface area contributed by atoms with Gasteiger partial charge >= 0.3 is 5.97 Å². The zero-order valence-electron chi connectivity index (χ0n) is 10.3. The standard InChI is InChI=1S/C14H14N2O3/c17-14(18)11-6-9-19-12(11)13-15-7-8-16(13)10-4-2-1-3-5-10/h1-5,7-8,11-12H,6,9H2,(H,17,18)/t11-,12+/m0/s1. The number of nitrogens with zero attached hydrogens (tertiary/aromatic N) is 2. The van der Waals surface area contributed by atoms with Crippen LogP contribution >= 0.6 is 0 Å². The number of carboxylic acids is 1. The van der Waals surface area contributed by atoms with Gasteiger partial charge in [0, 0.05) is 24.7 Å². The highest BCUT2D eigenvalue weighted by Crippen LogP contribution is 2.34. The number of para-hydroxylation sites is 1. The van der Waals surface area contributed by atoms with E-state index in [0.29, 0.717) is 18.9 Å². The van der Waals surface area contributed by atoms with Crippen molar-refractivity contribution in [1.29, 1.82) is 0 Å². The molecule has 1 aromatic heterocycles. The van der Waals surface area contributed by atoms with E-state index in [1.165, 1.54) is 0 Å². The molecule has 2 aromatic rings. The molecule has 3 rings (SSSR count). The Hall–Kier alpha value is -2.14. The van der Waals surface area contributed by atoms with E-state index in [0.717, 1.165) is 5.69 Å². The van der Waals surface area contributed by atoms with E-state index in [2.05, 4.69) is 4.98 Å². The van der Waals surface area contributed by atoms with Crippen molar-refractivity contribution in [3.05, 3.63) is 48.5 Å². The zero-order valence-corrected chi connectivity index (χ0v) is 10.3. The Morgan fingerprint density at radius 2 is 2.16 bits per heavy atom. The fourth-order valence-corrected chi connectivity index (χ4v) is 2.43. The van der Waals surface area contributed by atoms with E-state index in [4.69, 9.17) is 4.74 Å². The molecule has 19 heavy (non-hydrogen) atoms. The summed E-state index contributed by atoms with van der Waals surface area (Å²) in [5, 5.41) is 9.23. The Kier molecular flexibility index (Phi) is 3.05. The number of aromatic nitrogens is 2. The third kappa shape index (κ3) is 2.13. The van der Waals surface area contributed by atoms with E-state index in [1.54, 1.807) is 6.20 Å². The molecule has 0 radical (unpaired) electrons. The van der Waals surface area contributed by atoms with Crippen LogP contribution in [0.25, 0.3) is 5.69 Å². The Labute approximate surface area is 110 Å². The molecule has 0 saturated carbocycles. The van der Waals surface area contributed by atoms with Crippen molar-refractivity contribution in [1.82, 2.24) is 9.55 Å². The number of hydrogen-bond acceptors (Lipinski definition) is 3. The number of carboxylic acid groups (broad SMARTS) is 1. The predicted octanol–water partition coefficient (Wildman–Crippen LogP) is 2.03. The van der Waals surface area contributed by atoms with Crippen LogP contribution < -0.4 is 0 Å². The Morgan fingerprint density at radius 3 is 2.89 bits per heavy atom. The van der Waals surface area contributed by atoms with Crippen molar-refractivity contribution in [2.24, 2.45) is 5.92 Å². The molecule has 0 spiro atoms. The first kappa shape index (κ1) is 11.9. The Balaban J connectivity index is 1.99. The van der Waals surface area contributed by atoms with Crippen LogP contribution in [0.3, 0.4) is 0 Å². The summed E-state index contributed by atoms with van der Waals surface area (Å²) < 4.78 is 7.45. The smallest absolute Gasteiger partial charge is 0.309 e. The van der Waals surface area contributed by atoms with Crippen LogP contribution in [0.1, 0.15) is 18.3 Å². The lowest BCUT2D eigenvalue weighted by atomic mass is 10.0. The summed E-state index contributed by atoms with van der Waals surface area (Å²) >= 11 is 0. The highest BCUT2D eigenvalue weighted by molar-refractivity contribution is 5.71. The number of ether oxygens (including phenoxy) is 1. The second-order valence-electron chi connectivity index (χ2n) is 4.52. The molecular formula is C14H14N2O3. The van der Waals surface area contributed by atoms with Gasteiger partial charge in [-0.25, -0.2) is 4.98 Å². The van der Waals surface area contributed by atoms with Gasteiger partial charge in [-0.05, 0) is 18.6 Å². The minimum atomic E-state index is -0.829. The molecule has 1 aliphatic heterocycles. The summed E-state index contributed by atoms with van der Waals surface area (Å²) in [7, 11) is 0. The second-order valence-corrected chi connectivity index (χ2v) is 4.52. The summed E-state index contributed by atoms with van der Waals surface area (Å²) in [5.41, 5.74) is 0.953. The molecule has 1 aliphatic rings. The maximum atomic E-state index is 11.2. The lowest BCUT2D eigenvalue weighted by molar-refractivity contribution is -0.143. The van der Waals surface area contributed by atoms with Gasteiger partial charge in [0.2, 0.25) is 0 Å². The molecule has 2 heterocycles. The van der Waals surface area contributed by atoms with Crippen molar-refractivity contribution >= 4 is 5.97 Å². The zero-order chi connectivity index (χ0) is 13.2. The van der Waals surface area contributed by atoms with Gasteiger partial charge in [0.1, 0.15) is 11.9 Å². The first-order chi connectivity index (χ1) is 9.27. The molecule has 1 saturated heterocycles. The molecule has 0 bridgehead atoms. The number of carbonyl (C=O) groups is 1. The van der Waals surface area contributed by atoms with Crippen LogP contribution in [-0.4, -0.2) is 27.2 Å². The third-order valence-electron chi connectivity index (χ3n) is 3.37. The first-order valence-corrected chi connectivity index (χ1v) is 6.20. The van der Waals surface area contributed by atoms with Gasteiger partial charge < -0.3 is 14.4 Å². The van der Waals surface area contributed by atoms with E-state index in [9.17, 15) is 9.90 Å². The van der Waals surface area contributed by atoms with Gasteiger partial charge in [0.15, 0.2) is 0 Å². The molecule has 5 nitrogen and oxygen atoms in total. The van der Waals surface area contributed by atoms with Crippen molar-refractivity contribution < 1.29 is 14.6 Å². The van der Waals surface area contributed by atoms with Gasteiger partial charge in [0.05, 0.1) is 5.92 Å². The van der Waals surface area contributed by atoms with Crippen molar-refractivity contribution in [3.63, 3.8) is 0 Å². The second kappa shape index (κ2) is 4.85. The van der Waals surface area contributed by atoms with E-state index < -0.39 is 18.0 Å². The fraction of sp³-hybridized carbons (Fsp3) is 0.286. The number of aliphatic carboxylic acids is 1. The van der Waals surface area contributed by atoms with Crippen molar-refractivity contribution in [2.45, 2.75) is 12.5 Å². The monoisotopic (exact) mass is 258 g/mol. The molecule has 0 unspecified atom stereocenters. The van der Waals surface area contributed by atoms with Crippen LogP contribution in [0.4, 0.5) is 0 Å². The number of benzene rings is 1. The minimum absolute atomic E-state index is 0.462. The molecule has 98 valence electrons. The van der Waals surface area contributed by atoms with Crippen molar-refractivity contribution in [3.8, 4) is 5.69 Å². The highest BCUT2D eigenvalue weighted by atomic mass is 16.5. The van der Waals surface area contributed by atoms with Crippen LogP contribution in [0.15, 0.2) is 42.7 Å². The normalized spacial score (nSPS) is 22.5. The number of hydrogen-bond donors (Lipinski definition) is 1. The molecule has 1 N–H and O–H groups in total. The first-order valence-electron chi connectivity index (χ1n) is 6.20. The predicted molar refractivity (Wildman–Crippen MR) is 68.0 cm³/mol. The summed E-state index contributed by atoms with van der Waals surface area (Å²) in [6.45, 7) is 0.462. The molecule has 5 heteroatoms. The van der Waals surface area contributed by atoms with Crippen LogP contribution in [0.2, 0.25) is 0 Å². The molecule has 2 atom stereocenters. The summed E-state index contributed by atoms with van der Waals surface area (Å²) in [4.78, 5) is 15.5. The Morgan fingerprint density at radius 1 is 1.37 bits per heavy atom. The lowest BCUT2D eigenvalue weighted by Crippen LogP contribution is -2.20. The van der Waals surface area contributed by atoms with Crippen LogP contribution in [0, 0.1) is 5.92 Å². The topological polar surface area (TPSA) is 64.3 Å². The number of imidazole rings is 1. The van der Waals surface area contributed by atoms with Crippen LogP contribution in [-0.2, 0) is 9.53 Å². The highest BCUT2D eigenvalue weighted by Gasteiger charge is 2.37. The summed E-state index contributed by atoms with van der Waals surface area (Å²) in [6, 6.07) is 9.71. The fourth-order valence-electron chi connectivity index (χ4n) is 2.43. The van der Waals surface area contributed by atoms with E-state index in [-0.39, 0.29) is 0 Å². The third-order valence-corrected chi connectivity index (χ3v) is 3.37. The molecular weight excluding hydrogens is 244 g/mol. The average molecular weight is 258 g/mol. The Bertz CT molecular complexity index is 579. The maximum Gasteiger partial charge on any atom is 0.309 e. The van der Waals surface area contributed by atoms with Gasteiger partial charge in [-0.1, -0.05) is 18.2 Å². The molecule has 1 fully saturated rings. The van der Waals surface area contributed by atoms with E-state index in [1.807, 2.05) is 41.1 Å². The molecule has 1 aromatic carbocycles. The van der Waals surface area contributed by atoms with Gasteiger partial charge in [0.25, 0.3) is 0 Å². The maximum absolute atomic E-state index is 11.2. The average Bonchev–Trinajstić information content (AvgIpc) is 3.08. The summed E-state index contributed by atoms with van der Waals surface area (Å²) in [6.07, 6.45) is 3.54. The van der Waals surface area contributed by atoms with Gasteiger partial charge in [-0.2, -0.15) is 0 Å². The van der Waals surface area contributed by atoms with Gasteiger partial charge in [-0.15, -0.1) is 0 Å². The van der Waals surface area contributed by atoms with Gasteiger partial charge in [-0.3, -0.25) is 4.79 Å². The minimum Gasteiger partial charge on any atom is -0.481 e. The van der Waals surface area contributed by atoms with Crippen molar-refractivity contribution in [2.75, 3.05) is 6.61 Å². The summed E-state index contributed by atoms with van der Waals surface area (Å²) in [5.74, 6) is -0.703. The quantitative estimate of drug-likeness (QED) is 0.915. The van der Waals surface area contributed by atoms with E-state index >= 15 is 0 Å².